The molecule has 0 aliphatic heterocycles. The second kappa shape index (κ2) is 4.76. The van der Waals surface area contributed by atoms with E-state index in [4.69, 9.17) is 5.11 Å². The Morgan fingerprint density at radius 2 is 2.42 bits per heavy atom. The molecule has 5 nitrogen and oxygen atoms in total. The first-order valence-corrected chi connectivity index (χ1v) is 6.36. The predicted octanol–water partition coefficient (Wildman–Crippen LogP) is 2.77. The SMILES string of the molecule is O=C(O)NC1C=C(c2c[nH]c3cccnc23)CCC1. The van der Waals surface area contributed by atoms with Crippen molar-refractivity contribution in [1.82, 2.24) is 15.3 Å². The second-order valence-corrected chi connectivity index (χ2v) is 4.74. The molecule has 3 rings (SSSR count). The molecule has 3 N–H and O–H groups in total. The molecule has 1 unspecified atom stereocenters. The molecule has 1 atom stereocenters. The molecule has 0 radical (unpaired) electrons. The van der Waals surface area contributed by atoms with Gasteiger partial charge in [-0.15, -0.1) is 0 Å². The molecular formula is C14H15N3O2. The van der Waals surface area contributed by atoms with Crippen molar-refractivity contribution in [3.05, 3.63) is 36.2 Å². The zero-order chi connectivity index (χ0) is 13.2. The lowest BCUT2D eigenvalue weighted by Crippen LogP contribution is -2.33. The number of hydrogen-bond donors (Lipinski definition) is 3. The summed E-state index contributed by atoms with van der Waals surface area (Å²) in [7, 11) is 0. The standard InChI is InChI=1S/C14H15N3O2/c18-14(19)17-10-4-1-3-9(7-10)11-8-16-12-5-2-6-15-13(11)12/h2,5-8,10,16-17H,1,3-4H2,(H,18,19). The van der Waals surface area contributed by atoms with E-state index >= 15 is 0 Å². The van der Waals surface area contributed by atoms with Crippen LogP contribution < -0.4 is 5.32 Å². The number of hydrogen-bond acceptors (Lipinski definition) is 2. The number of nitrogens with one attached hydrogen (secondary N) is 2. The second-order valence-electron chi connectivity index (χ2n) is 4.74. The molecule has 0 saturated heterocycles. The van der Waals surface area contributed by atoms with Crippen molar-refractivity contribution in [2.24, 2.45) is 0 Å². The average molecular weight is 257 g/mol. The molecule has 5 heteroatoms. The smallest absolute Gasteiger partial charge is 0.405 e. The van der Waals surface area contributed by atoms with Gasteiger partial charge in [-0.3, -0.25) is 4.98 Å². The summed E-state index contributed by atoms with van der Waals surface area (Å²) in [5.41, 5.74) is 4.19. The zero-order valence-electron chi connectivity index (χ0n) is 10.4. The summed E-state index contributed by atoms with van der Waals surface area (Å²) in [6.07, 6.45) is 7.56. The molecule has 0 fully saturated rings. The van der Waals surface area contributed by atoms with Crippen LogP contribution in [0, 0.1) is 0 Å². The molecule has 0 bridgehead atoms. The summed E-state index contributed by atoms with van der Waals surface area (Å²) < 4.78 is 0. The quantitative estimate of drug-likeness (QED) is 0.774. The molecule has 98 valence electrons. The highest BCUT2D eigenvalue weighted by Gasteiger charge is 2.18. The molecular weight excluding hydrogens is 242 g/mol. The molecule has 1 amide bonds. The van der Waals surface area contributed by atoms with Crippen LogP contribution >= 0.6 is 0 Å². The number of carboxylic acid groups (broad SMARTS) is 1. The number of allylic oxidation sites excluding steroid dienone is 1. The lowest BCUT2D eigenvalue weighted by Gasteiger charge is -2.20. The minimum absolute atomic E-state index is 0.102. The first-order chi connectivity index (χ1) is 9.24. The molecule has 1 aliphatic rings. The maximum Gasteiger partial charge on any atom is 0.405 e. The highest BCUT2D eigenvalue weighted by Crippen LogP contribution is 2.30. The summed E-state index contributed by atoms with van der Waals surface area (Å²) in [5, 5.41) is 11.3. The fraction of sp³-hybridized carbons (Fsp3) is 0.286. The van der Waals surface area contributed by atoms with Gasteiger partial charge in [0, 0.05) is 18.0 Å². The van der Waals surface area contributed by atoms with Crippen molar-refractivity contribution in [1.29, 1.82) is 0 Å². The summed E-state index contributed by atoms with van der Waals surface area (Å²) in [4.78, 5) is 18.3. The van der Waals surface area contributed by atoms with Gasteiger partial charge in [0.25, 0.3) is 0 Å². The van der Waals surface area contributed by atoms with Gasteiger partial charge in [-0.2, -0.15) is 0 Å². The summed E-state index contributed by atoms with van der Waals surface area (Å²) in [5.74, 6) is 0. The largest absolute Gasteiger partial charge is 0.465 e. The monoisotopic (exact) mass is 257 g/mol. The van der Waals surface area contributed by atoms with E-state index in [9.17, 15) is 4.79 Å². The van der Waals surface area contributed by atoms with Crippen LogP contribution in [-0.2, 0) is 0 Å². The number of aromatic amines is 1. The van der Waals surface area contributed by atoms with Gasteiger partial charge in [-0.05, 0) is 37.0 Å². The molecule has 2 heterocycles. The van der Waals surface area contributed by atoms with Crippen LogP contribution in [0.2, 0.25) is 0 Å². The van der Waals surface area contributed by atoms with Gasteiger partial charge in [0.05, 0.1) is 17.1 Å². The minimum atomic E-state index is -0.973. The third-order valence-corrected chi connectivity index (χ3v) is 3.45. The van der Waals surface area contributed by atoms with Crippen molar-refractivity contribution in [3.63, 3.8) is 0 Å². The molecule has 19 heavy (non-hydrogen) atoms. The Morgan fingerprint density at radius 1 is 1.53 bits per heavy atom. The topological polar surface area (TPSA) is 78.0 Å². The van der Waals surface area contributed by atoms with Gasteiger partial charge in [-0.1, -0.05) is 6.08 Å². The fourth-order valence-corrected chi connectivity index (χ4v) is 2.62. The van der Waals surface area contributed by atoms with E-state index in [1.807, 2.05) is 24.4 Å². The number of H-pyrrole nitrogens is 1. The molecule has 0 saturated carbocycles. The molecule has 1 aliphatic carbocycles. The Labute approximate surface area is 110 Å². The third kappa shape index (κ3) is 2.31. The normalized spacial score (nSPS) is 19.2. The van der Waals surface area contributed by atoms with Crippen molar-refractivity contribution in [2.45, 2.75) is 25.3 Å². The van der Waals surface area contributed by atoms with E-state index in [1.165, 1.54) is 0 Å². The van der Waals surface area contributed by atoms with Crippen LogP contribution in [0.15, 0.2) is 30.6 Å². The van der Waals surface area contributed by atoms with Gasteiger partial charge in [-0.25, -0.2) is 4.79 Å². The van der Waals surface area contributed by atoms with Gasteiger partial charge >= 0.3 is 6.09 Å². The molecule has 0 spiro atoms. The lowest BCUT2D eigenvalue weighted by atomic mass is 9.92. The van der Waals surface area contributed by atoms with E-state index in [1.54, 1.807) is 6.20 Å². The van der Waals surface area contributed by atoms with Gasteiger partial charge in [0.2, 0.25) is 0 Å². The van der Waals surface area contributed by atoms with Crippen molar-refractivity contribution < 1.29 is 9.90 Å². The summed E-state index contributed by atoms with van der Waals surface area (Å²) in [6.45, 7) is 0. The van der Waals surface area contributed by atoms with Crippen molar-refractivity contribution in [2.75, 3.05) is 0 Å². The van der Waals surface area contributed by atoms with Crippen molar-refractivity contribution >= 4 is 22.7 Å². The highest BCUT2D eigenvalue weighted by atomic mass is 16.4. The molecule has 2 aromatic rings. The Bertz CT molecular complexity index is 645. The van der Waals surface area contributed by atoms with E-state index in [0.29, 0.717) is 0 Å². The van der Waals surface area contributed by atoms with Gasteiger partial charge in [0.15, 0.2) is 0 Å². The highest BCUT2D eigenvalue weighted by molar-refractivity contribution is 5.89. The number of aromatic nitrogens is 2. The Kier molecular flexibility index (Phi) is 2.95. The maximum absolute atomic E-state index is 10.7. The third-order valence-electron chi connectivity index (χ3n) is 3.45. The van der Waals surface area contributed by atoms with Crippen LogP contribution in [0.5, 0.6) is 0 Å². The minimum Gasteiger partial charge on any atom is -0.465 e. The fourth-order valence-electron chi connectivity index (χ4n) is 2.62. The number of pyridine rings is 1. The number of fused-ring (bicyclic) bond motifs is 1. The summed E-state index contributed by atoms with van der Waals surface area (Å²) >= 11 is 0. The Morgan fingerprint density at radius 3 is 3.26 bits per heavy atom. The molecule has 0 aromatic carbocycles. The van der Waals surface area contributed by atoms with Crippen molar-refractivity contribution in [3.8, 4) is 0 Å². The van der Waals surface area contributed by atoms with E-state index < -0.39 is 6.09 Å². The summed E-state index contributed by atoms with van der Waals surface area (Å²) in [6, 6.07) is 3.78. The lowest BCUT2D eigenvalue weighted by molar-refractivity contribution is 0.191. The first-order valence-electron chi connectivity index (χ1n) is 6.36. The van der Waals surface area contributed by atoms with Crippen LogP contribution in [0.3, 0.4) is 0 Å². The number of nitrogens with zero attached hydrogens (tertiary/aromatic N) is 1. The predicted molar refractivity (Wildman–Crippen MR) is 72.9 cm³/mol. The Hall–Kier alpha value is -2.30. The number of carbonyl (C=O) groups is 1. The van der Waals surface area contributed by atoms with Crippen LogP contribution in [0.4, 0.5) is 4.79 Å². The first kappa shape index (κ1) is 11.8. The molecule has 2 aromatic heterocycles. The van der Waals surface area contributed by atoms with Gasteiger partial charge < -0.3 is 15.4 Å². The number of amides is 1. The zero-order valence-corrected chi connectivity index (χ0v) is 10.4. The Balaban J connectivity index is 1.96. The van der Waals surface area contributed by atoms with Crippen LogP contribution in [-0.4, -0.2) is 27.2 Å². The maximum atomic E-state index is 10.7. The number of rotatable bonds is 2. The average Bonchev–Trinajstić information content (AvgIpc) is 2.82. The van der Waals surface area contributed by atoms with Gasteiger partial charge in [0.1, 0.15) is 0 Å². The van der Waals surface area contributed by atoms with E-state index in [0.717, 1.165) is 41.4 Å². The van der Waals surface area contributed by atoms with E-state index in [2.05, 4.69) is 15.3 Å². The van der Waals surface area contributed by atoms with Crippen LogP contribution in [0.1, 0.15) is 24.8 Å². The van der Waals surface area contributed by atoms with E-state index in [-0.39, 0.29) is 6.04 Å². The van der Waals surface area contributed by atoms with Crippen LogP contribution in [0.25, 0.3) is 16.6 Å².